The number of nitrogens with zero attached hydrogens (tertiary/aromatic N) is 2. The predicted octanol–water partition coefficient (Wildman–Crippen LogP) is -0.0941. The van der Waals surface area contributed by atoms with E-state index in [0.717, 1.165) is 26.1 Å². The van der Waals surface area contributed by atoms with Gasteiger partial charge in [-0.1, -0.05) is 0 Å². The molecule has 1 saturated heterocycles. The van der Waals surface area contributed by atoms with Crippen molar-refractivity contribution in [1.29, 1.82) is 5.41 Å². The average molecular weight is 170 g/mol. The van der Waals surface area contributed by atoms with Crippen molar-refractivity contribution >= 4 is 5.96 Å². The first-order valence-electron chi connectivity index (χ1n) is 4.40. The highest BCUT2D eigenvalue weighted by Gasteiger charge is 2.19. The van der Waals surface area contributed by atoms with Gasteiger partial charge < -0.3 is 15.5 Å². The van der Waals surface area contributed by atoms with Crippen LogP contribution in [0.25, 0.3) is 0 Å². The molecule has 4 heteroatoms. The molecule has 0 aromatic carbocycles. The van der Waals surface area contributed by atoms with Crippen molar-refractivity contribution in [2.24, 2.45) is 5.73 Å². The lowest BCUT2D eigenvalue weighted by Gasteiger charge is -2.27. The minimum Gasteiger partial charge on any atom is -0.370 e. The summed E-state index contributed by atoms with van der Waals surface area (Å²) in [6.07, 6.45) is 1.10. The Kier molecular flexibility index (Phi) is 2.92. The topological polar surface area (TPSA) is 56.4 Å². The molecule has 1 aliphatic rings. The largest absolute Gasteiger partial charge is 0.370 e. The third-order valence-electron chi connectivity index (χ3n) is 2.36. The van der Waals surface area contributed by atoms with E-state index >= 15 is 0 Å². The second-order valence-corrected chi connectivity index (χ2v) is 3.54. The van der Waals surface area contributed by atoms with Crippen LogP contribution in [0.15, 0.2) is 0 Å². The molecule has 0 bridgehead atoms. The molecule has 12 heavy (non-hydrogen) atoms. The molecule has 4 nitrogen and oxygen atoms in total. The second-order valence-electron chi connectivity index (χ2n) is 3.54. The quantitative estimate of drug-likeness (QED) is 0.394. The SMILES string of the molecule is CC1CN(C)CCCN1C(=N)N. The highest BCUT2D eigenvalue weighted by atomic mass is 15.3. The van der Waals surface area contributed by atoms with Crippen molar-refractivity contribution in [2.45, 2.75) is 19.4 Å². The number of nitrogens with one attached hydrogen (secondary N) is 1. The van der Waals surface area contributed by atoms with E-state index in [-0.39, 0.29) is 5.96 Å². The number of guanidine groups is 1. The lowest BCUT2D eigenvalue weighted by molar-refractivity contribution is 0.283. The molecule has 1 rings (SSSR count). The van der Waals surface area contributed by atoms with Crippen molar-refractivity contribution < 1.29 is 0 Å². The zero-order valence-electron chi connectivity index (χ0n) is 7.88. The molecule has 1 fully saturated rings. The van der Waals surface area contributed by atoms with Crippen LogP contribution < -0.4 is 5.73 Å². The lowest BCUT2D eigenvalue weighted by Crippen LogP contribution is -2.45. The van der Waals surface area contributed by atoms with E-state index in [1.165, 1.54) is 0 Å². The summed E-state index contributed by atoms with van der Waals surface area (Å²) in [4.78, 5) is 4.25. The van der Waals surface area contributed by atoms with E-state index in [1.54, 1.807) is 0 Å². The number of hydrogen-bond donors (Lipinski definition) is 2. The van der Waals surface area contributed by atoms with Gasteiger partial charge in [0.15, 0.2) is 5.96 Å². The van der Waals surface area contributed by atoms with Crippen LogP contribution in [0, 0.1) is 5.41 Å². The van der Waals surface area contributed by atoms with Crippen LogP contribution in [-0.4, -0.2) is 48.5 Å². The van der Waals surface area contributed by atoms with Crippen molar-refractivity contribution in [2.75, 3.05) is 26.7 Å². The standard InChI is InChI=1S/C8H18N4/c1-7-6-11(2)4-3-5-12(7)8(9)10/h7H,3-6H2,1-2H3,(H3,9,10). The third-order valence-corrected chi connectivity index (χ3v) is 2.36. The Balaban J connectivity index is 2.57. The molecule has 0 aromatic rings. The molecule has 0 aromatic heterocycles. The van der Waals surface area contributed by atoms with Crippen molar-refractivity contribution in [1.82, 2.24) is 9.80 Å². The Hall–Kier alpha value is -0.770. The molecule has 1 heterocycles. The first-order valence-corrected chi connectivity index (χ1v) is 4.40. The fraction of sp³-hybridized carbons (Fsp3) is 0.875. The van der Waals surface area contributed by atoms with Crippen LogP contribution in [0.3, 0.4) is 0 Å². The van der Waals surface area contributed by atoms with E-state index < -0.39 is 0 Å². The van der Waals surface area contributed by atoms with Gasteiger partial charge in [0.1, 0.15) is 0 Å². The maximum absolute atomic E-state index is 7.37. The van der Waals surface area contributed by atoms with Gasteiger partial charge in [-0.2, -0.15) is 0 Å². The van der Waals surface area contributed by atoms with Gasteiger partial charge in [-0.15, -0.1) is 0 Å². The van der Waals surface area contributed by atoms with Gasteiger partial charge in [-0.05, 0) is 26.9 Å². The van der Waals surface area contributed by atoms with E-state index in [2.05, 4.69) is 18.9 Å². The Morgan fingerprint density at radius 1 is 1.50 bits per heavy atom. The first-order chi connectivity index (χ1) is 5.61. The van der Waals surface area contributed by atoms with Crippen molar-refractivity contribution in [3.8, 4) is 0 Å². The van der Waals surface area contributed by atoms with Gasteiger partial charge in [0.2, 0.25) is 0 Å². The normalized spacial score (nSPS) is 26.8. The molecule has 0 saturated carbocycles. The zero-order chi connectivity index (χ0) is 9.14. The van der Waals surface area contributed by atoms with Crippen LogP contribution in [0.2, 0.25) is 0 Å². The van der Waals surface area contributed by atoms with Gasteiger partial charge in [0.25, 0.3) is 0 Å². The monoisotopic (exact) mass is 170 g/mol. The maximum Gasteiger partial charge on any atom is 0.188 e. The van der Waals surface area contributed by atoms with Crippen molar-refractivity contribution in [3.63, 3.8) is 0 Å². The van der Waals surface area contributed by atoms with Crippen LogP contribution in [0.1, 0.15) is 13.3 Å². The molecule has 0 aliphatic carbocycles. The molecule has 1 unspecified atom stereocenters. The molecular formula is C8H18N4. The van der Waals surface area contributed by atoms with Gasteiger partial charge in [0.05, 0.1) is 0 Å². The third kappa shape index (κ3) is 2.11. The summed E-state index contributed by atoms with van der Waals surface area (Å²) in [6.45, 7) is 5.14. The smallest absolute Gasteiger partial charge is 0.188 e. The molecule has 70 valence electrons. The molecule has 1 atom stereocenters. The highest BCUT2D eigenvalue weighted by molar-refractivity contribution is 5.74. The Morgan fingerprint density at radius 3 is 2.75 bits per heavy atom. The summed E-state index contributed by atoms with van der Waals surface area (Å²) < 4.78 is 0. The first kappa shape index (κ1) is 9.32. The fourth-order valence-corrected chi connectivity index (χ4v) is 1.73. The van der Waals surface area contributed by atoms with Gasteiger partial charge >= 0.3 is 0 Å². The molecular weight excluding hydrogens is 152 g/mol. The van der Waals surface area contributed by atoms with E-state index in [1.807, 2.05) is 4.90 Å². The van der Waals surface area contributed by atoms with Crippen LogP contribution in [-0.2, 0) is 0 Å². The number of nitrogens with two attached hydrogens (primary N) is 1. The van der Waals surface area contributed by atoms with Gasteiger partial charge in [0, 0.05) is 19.1 Å². The van der Waals surface area contributed by atoms with E-state index in [9.17, 15) is 0 Å². The molecule has 0 spiro atoms. The second kappa shape index (κ2) is 3.76. The summed E-state index contributed by atoms with van der Waals surface area (Å²) in [7, 11) is 2.11. The van der Waals surface area contributed by atoms with Crippen LogP contribution in [0.5, 0.6) is 0 Å². The summed E-state index contributed by atoms with van der Waals surface area (Å²) >= 11 is 0. The predicted molar refractivity (Wildman–Crippen MR) is 50.2 cm³/mol. The van der Waals surface area contributed by atoms with Crippen molar-refractivity contribution in [3.05, 3.63) is 0 Å². The number of rotatable bonds is 0. The minimum absolute atomic E-state index is 0.206. The Bertz CT molecular complexity index is 168. The Morgan fingerprint density at radius 2 is 2.17 bits per heavy atom. The molecule has 1 aliphatic heterocycles. The van der Waals surface area contributed by atoms with E-state index in [0.29, 0.717) is 6.04 Å². The summed E-state index contributed by atoms with van der Waals surface area (Å²) in [6, 6.07) is 0.370. The molecule has 3 N–H and O–H groups in total. The minimum atomic E-state index is 0.206. The van der Waals surface area contributed by atoms with Gasteiger partial charge in [-0.3, -0.25) is 5.41 Å². The summed E-state index contributed by atoms with van der Waals surface area (Å²) in [5, 5.41) is 7.37. The average Bonchev–Trinajstić information content (AvgIpc) is 2.10. The van der Waals surface area contributed by atoms with E-state index in [4.69, 9.17) is 11.1 Å². The maximum atomic E-state index is 7.37. The van der Waals surface area contributed by atoms with Gasteiger partial charge in [-0.25, -0.2) is 0 Å². The molecule has 0 amide bonds. The molecule has 0 radical (unpaired) electrons. The number of hydrogen-bond acceptors (Lipinski definition) is 2. The lowest BCUT2D eigenvalue weighted by atomic mass is 10.3. The zero-order valence-corrected chi connectivity index (χ0v) is 7.88. The Labute approximate surface area is 73.8 Å². The highest BCUT2D eigenvalue weighted by Crippen LogP contribution is 2.06. The fourth-order valence-electron chi connectivity index (χ4n) is 1.73. The number of likely N-dealkylation sites (N-methyl/N-ethyl adjacent to an activating group) is 1. The summed E-state index contributed by atoms with van der Waals surface area (Å²) in [5.41, 5.74) is 5.46. The summed E-state index contributed by atoms with van der Waals surface area (Å²) in [5.74, 6) is 0.206. The van der Waals surface area contributed by atoms with Crippen LogP contribution >= 0.6 is 0 Å². The van der Waals surface area contributed by atoms with Crippen LogP contribution in [0.4, 0.5) is 0 Å².